The van der Waals surface area contributed by atoms with E-state index in [2.05, 4.69) is 10.6 Å². The van der Waals surface area contributed by atoms with Gasteiger partial charge >= 0.3 is 6.09 Å². The second-order valence-electron chi connectivity index (χ2n) is 9.49. The van der Waals surface area contributed by atoms with Gasteiger partial charge in [0.05, 0.1) is 9.68 Å². The number of nitrogens with one attached hydrogen (secondary N) is 2. The average molecular weight is 587 g/mol. The lowest BCUT2D eigenvalue weighted by atomic mass is 10.1. The van der Waals surface area contributed by atoms with Gasteiger partial charge in [-0.25, -0.2) is 4.79 Å². The fourth-order valence-corrected chi connectivity index (χ4v) is 3.91. The highest BCUT2D eigenvalue weighted by Gasteiger charge is 2.41. The molecule has 1 aromatic carbocycles. The molecule has 1 aromatic rings. The van der Waals surface area contributed by atoms with Crippen LogP contribution in [0.5, 0.6) is 0 Å². The van der Waals surface area contributed by atoms with Crippen molar-refractivity contribution in [3.05, 3.63) is 45.7 Å². The quantitative estimate of drug-likeness (QED) is 0.354. The van der Waals surface area contributed by atoms with E-state index in [1.807, 2.05) is 48.4 Å². The zero-order valence-electron chi connectivity index (χ0n) is 20.5. The minimum atomic E-state index is -0.772. The fourth-order valence-electron chi connectivity index (χ4n) is 3.30. The molecule has 188 valence electrons. The van der Waals surface area contributed by atoms with Crippen LogP contribution >= 0.6 is 22.6 Å². The van der Waals surface area contributed by atoms with Crippen LogP contribution in [0, 0.1) is 0 Å². The van der Waals surface area contributed by atoms with E-state index < -0.39 is 29.3 Å². The fraction of sp³-hybridized carbons (Fsp3) is 0.542. The summed E-state index contributed by atoms with van der Waals surface area (Å²) in [5.41, 5.74) is -0.166. The van der Waals surface area contributed by atoms with Crippen molar-refractivity contribution in [2.45, 2.75) is 64.6 Å². The number of carbonyl (C=O) groups is 3. The number of alkyl carbamates (subject to hydrolysis) is 1. The first-order valence-corrected chi connectivity index (χ1v) is 12.1. The monoisotopic (exact) mass is 587 g/mol. The topological polar surface area (TPSA) is 106 Å². The van der Waals surface area contributed by atoms with Crippen LogP contribution in [0.25, 0.3) is 0 Å². The highest BCUT2D eigenvalue weighted by Crippen LogP contribution is 2.30. The molecule has 1 heterocycles. The Bertz CT molecular complexity index is 898. The molecule has 10 heteroatoms. The van der Waals surface area contributed by atoms with Gasteiger partial charge < -0.3 is 24.4 Å². The van der Waals surface area contributed by atoms with E-state index in [1.54, 1.807) is 57.3 Å². The summed E-state index contributed by atoms with van der Waals surface area (Å²) in [4.78, 5) is 38.4. The molecule has 0 spiro atoms. The van der Waals surface area contributed by atoms with Gasteiger partial charge in [0.25, 0.3) is 11.8 Å². The number of hydrogen-bond donors (Lipinski definition) is 2. The van der Waals surface area contributed by atoms with E-state index in [-0.39, 0.29) is 18.8 Å². The van der Waals surface area contributed by atoms with Gasteiger partial charge in [-0.15, -0.1) is 0 Å². The minimum Gasteiger partial charge on any atom is -0.444 e. The van der Waals surface area contributed by atoms with Gasteiger partial charge in [-0.3, -0.25) is 14.9 Å². The van der Waals surface area contributed by atoms with E-state index in [1.165, 1.54) is 0 Å². The second-order valence-corrected chi connectivity index (χ2v) is 10.7. The van der Waals surface area contributed by atoms with Crippen LogP contribution in [0.1, 0.15) is 51.4 Å². The number of nitrogens with zero attached hydrogens (tertiary/aromatic N) is 1. The molecule has 3 amide bonds. The number of carbonyl (C=O) groups excluding carboxylic acids is 3. The van der Waals surface area contributed by atoms with Gasteiger partial charge in [0, 0.05) is 31.9 Å². The maximum Gasteiger partial charge on any atom is 0.407 e. The van der Waals surface area contributed by atoms with Crippen LogP contribution in [0.4, 0.5) is 4.79 Å². The Balaban J connectivity index is 1.87. The number of halogens is 1. The largest absolute Gasteiger partial charge is 0.444 e. The molecule has 1 aliphatic heterocycles. The number of imide groups is 1. The zero-order valence-corrected chi connectivity index (χ0v) is 22.7. The average Bonchev–Trinajstić information content (AvgIpc) is 3.03. The second kappa shape index (κ2) is 12.0. The van der Waals surface area contributed by atoms with Crippen molar-refractivity contribution in [1.82, 2.24) is 15.5 Å². The predicted molar refractivity (Wildman–Crippen MR) is 136 cm³/mol. The van der Waals surface area contributed by atoms with Crippen LogP contribution in [-0.2, 0) is 19.0 Å². The molecule has 0 radical (unpaired) electrons. The summed E-state index contributed by atoms with van der Waals surface area (Å²) in [7, 11) is 1.83. The first kappa shape index (κ1) is 28.1. The van der Waals surface area contributed by atoms with Gasteiger partial charge in [-0.1, -0.05) is 18.2 Å². The lowest BCUT2D eigenvalue weighted by molar-refractivity contribution is -0.146. The Labute approximate surface area is 214 Å². The van der Waals surface area contributed by atoms with Crippen molar-refractivity contribution in [2.75, 3.05) is 20.1 Å². The van der Waals surface area contributed by atoms with E-state index in [0.29, 0.717) is 22.1 Å². The summed E-state index contributed by atoms with van der Waals surface area (Å²) < 4.78 is 17.6. The van der Waals surface area contributed by atoms with Gasteiger partial charge in [0.2, 0.25) is 0 Å². The van der Waals surface area contributed by atoms with Crippen molar-refractivity contribution < 1.29 is 28.6 Å². The van der Waals surface area contributed by atoms with E-state index in [9.17, 15) is 14.4 Å². The minimum absolute atomic E-state index is 0.254. The van der Waals surface area contributed by atoms with E-state index in [4.69, 9.17) is 14.2 Å². The number of rotatable bonds is 8. The molecule has 0 aromatic heterocycles. The summed E-state index contributed by atoms with van der Waals surface area (Å²) >= 11 is 1.90. The Kier molecular flexibility index (Phi) is 9.89. The van der Waals surface area contributed by atoms with Crippen LogP contribution in [0.15, 0.2) is 40.1 Å². The lowest BCUT2D eigenvalue weighted by Crippen LogP contribution is -2.41. The molecular formula is C24H34IN3O6. The number of benzene rings is 1. The van der Waals surface area contributed by atoms with Crippen LogP contribution < -0.4 is 10.6 Å². The summed E-state index contributed by atoms with van der Waals surface area (Å²) in [6.07, 6.45) is 1.16. The maximum atomic E-state index is 12.4. The normalized spacial score (nSPS) is 19.9. The molecule has 0 aliphatic carbocycles. The van der Waals surface area contributed by atoms with Crippen molar-refractivity contribution in [3.8, 4) is 0 Å². The summed E-state index contributed by atoms with van der Waals surface area (Å²) in [6.45, 7) is 9.88. The Morgan fingerprint density at radius 1 is 1.15 bits per heavy atom. The summed E-state index contributed by atoms with van der Waals surface area (Å²) in [5.74, 6) is -1.69. The summed E-state index contributed by atoms with van der Waals surface area (Å²) in [5, 5.41) is 5.12. The molecule has 2 rings (SSSR count). The Morgan fingerprint density at radius 2 is 1.76 bits per heavy atom. The highest BCUT2D eigenvalue weighted by molar-refractivity contribution is 14.1. The van der Waals surface area contributed by atoms with Crippen LogP contribution in [0.2, 0.25) is 0 Å². The molecule has 2 atom stereocenters. The number of ether oxygens (including phenoxy) is 3. The molecule has 1 saturated heterocycles. The summed E-state index contributed by atoms with van der Waals surface area (Å²) in [6, 6.07) is 8.56. The zero-order chi connectivity index (χ0) is 25.5. The molecule has 0 saturated carbocycles. The van der Waals surface area contributed by atoms with Crippen LogP contribution in [-0.4, -0.2) is 66.5 Å². The molecule has 2 unspecified atom stereocenters. The number of hydrogen-bond acceptors (Lipinski definition) is 7. The third-order valence-corrected chi connectivity index (χ3v) is 5.48. The SMILES string of the molecule is CN(/C=C(/I)C(=O)NC(=O)c1ccccc1)CCC1OC(C)(C)OC1CNC(=O)OC(C)(C)C. The van der Waals surface area contributed by atoms with E-state index in [0.717, 1.165) is 0 Å². The molecule has 9 nitrogen and oxygen atoms in total. The smallest absolute Gasteiger partial charge is 0.407 e. The lowest BCUT2D eigenvalue weighted by Gasteiger charge is -2.23. The highest BCUT2D eigenvalue weighted by atomic mass is 127. The van der Waals surface area contributed by atoms with Gasteiger partial charge in [0.1, 0.15) is 11.7 Å². The van der Waals surface area contributed by atoms with Gasteiger partial charge in [0.15, 0.2) is 5.79 Å². The molecule has 2 N–H and O–H groups in total. The first-order valence-electron chi connectivity index (χ1n) is 11.1. The third-order valence-electron chi connectivity index (χ3n) is 4.71. The third kappa shape index (κ3) is 9.59. The van der Waals surface area contributed by atoms with Gasteiger partial charge in [-0.05, 0) is 75.8 Å². The van der Waals surface area contributed by atoms with E-state index >= 15 is 0 Å². The van der Waals surface area contributed by atoms with Gasteiger partial charge in [-0.2, -0.15) is 0 Å². The van der Waals surface area contributed by atoms with Crippen molar-refractivity contribution in [3.63, 3.8) is 0 Å². The number of amides is 3. The van der Waals surface area contributed by atoms with Crippen molar-refractivity contribution in [2.24, 2.45) is 0 Å². The maximum absolute atomic E-state index is 12.4. The molecule has 34 heavy (non-hydrogen) atoms. The van der Waals surface area contributed by atoms with Crippen LogP contribution in [0.3, 0.4) is 0 Å². The van der Waals surface area contributed by atoms with Crippen molar-refractivity contribution >= 4 is 40.5 Å². The standard InChI is InChI=1S/C24H34IN3O6/c1-23(2,3)34-22(31)26-14-19-18(32-24(4,5)33-19)12-13-28(6)15-17(25)21(30)27-20(29)16-10-8-7-9-11-16/h7-11,15,18-19H,12-14H2,1-6H3,(H,26,31)(H,27,29,30)/b17-15+. The molecule has 1 fully saturated rings. The van der Waals surface area contributed by atoms with Crippen molar-refractivity contribution in [1.29, 1.82) is 0 Å². The Hall–Kier alpha value is -2.18. The Morgan fingerprint density at radius 3 is 2.38 bits per heavy atom. The molecule has 0 bridgehead atoms. The molecule has 1 aliphatic rings. The predicted octanol–water partition coefficient (Wildman–Crippen LogP) is 3.59. The molecular weight excluding hydrogens is 553 g/mol. The first-order chi connectivity index (χ1) is 15.8.